The maximum absolute atomic E-state index is 12.2. The van der Waals surface area contributed by atoms with E-state index in [1.807, 2.05) is 0 Å². The second kappa shape index (κ2) is 5.22. The normalized spacial score (nSPS) is 17.2. The van der Waals surface area contributed by atoms with Gasteiger partial charge >= 0.3 is 5.97 Å². The van der Waals surface area contributed by atoms with Gasteiger partial charge in [0.1, 0.15) is 6.04 Å². The number of carbonyl (C=O) groups is 1. The zero-order chi connectivity index (χ0) is 14.2. The van der Waals surface area contributed by atoms with E-state index >= 15 is 0 Å². The summed E-state index contributed by atoms with van der Waals surface area (Å²) in [6.07, 6.45) is 1.50. The Morgan fingerprint density at radius 3 is 2.58 bits per heavy atom. The summed E-state index contributed by atoms with van der Waals surface area (Å²) in [4.78, 5) is 11.2. The highest BCUT2D eigenvalue weighted by molar-refractivity contribution is 9.10. The average molecular weight is 348 g/mol. The Kier molecular flexibility index (Phi) is 3.98. The van der Waals surface area contributed by atoms with Crippen LogP contribution in [0.3, 0.4) is 0 Å². The van der Waals surface area contributed by atoms with Gasteiger partial charge in [0.25, 0.3) is 0 Å². The van der Waals surface area contributed by atoms with Gasteiger partial charge in [-0.05, 0) is 49.4 Å². The van der Waals surface area contributed by atoms with Crippen LogP contribution in [-0.2, 0) is 14.8 Å². The molecule has 1 saturated carbocycles. The minimum Gasteiger partial charge on any atom is -0.480 e. The lowest BCUT2D eigenvalue weighted by molar-refractivity contribution is -0.139. The van der Waals surface area contributed by atoms with Crippen LogP contribution in [0.15, 0.2) is 27.6 Å². The van der Waals surface area contributed by atoms with Crippen molar-refractivity contribution in [3.8, 4) is 0 Å². The second-order valence-corrected chi connectivity index (χ2v) is 7.25. The first-order valence-electron chi connectivity index (χ1n) is 5.82. The summed E-state index contributed by atoms with van der Waals surface area (Å²) in [5.41, 5.74) is 0.779. The number of sulfonamides is 1. The summed E-state index contributed by atoms with van der Waals surface area (Å²) in [5.74, 6) is -1.22. The third kappa shape index (κ3) is 3.34. The van der Waals surface area contributed by atoms with Crippen molar-refractivity contribution in [2.75, 3.05) is 0 Å². The minimum atomic E-state index is -3.80. The van der Waals surface area contributed by atoms with Crippen molar-refractivity contribution in [1.29, 1.82) is 0 Å². The molecule has 0 aliphatic heterocycles. The van der Waals surface area contributed by atoms with Gasteiger partial charge in [0.05, 0.1) is 4.90 Å². The summed E-state index contributed by atoms with van der Waals surface area (Å²) in [5, 5.41) is 9.06. The number of halogens is 1. The lowest BCUT2D eigenvalue weighted by Gasteiger charge is -2.14. The highest BCUT2D eigenvalue weighted by Crippen LogP contribution is 2.33. The van der Waals surface area contributed by atoms with Crippen molar-refractivity contribution in [1.82, 2.24) is 4.72 Å². The maximum atomic E-state index is 12.2. The molecular formula is C12H14BrNO4S. The van der Waals surface area contributed by atoms with E-state index in [9.17, 15) is 13.2 Å². The van der Waals surface area contributed by atoms with Gasteiger partial charge in [-0.2, -0.15) is 4.72 Å². The van der Waals surface area contributed by atoms with Crippen molar-refractivity contribution in [2.45, 2.75) is 30.7 Å². The molecule has 0 bridgehead atoms. The quantitative estimate of drug-likeness (QED) is 0.851. The summed E-state index contributed by atoms with van der Waals surface area (Å²) in [7, 11) is -3.80. The summed E-state index contributed by atoms with van der Waals surface area (Å²) in [6.45, 7) is 1.78. The highest BCUT2D eigenvalue weighted by Gasteiger charge is 2.39. The number of hydrogen-bond acceptors (Lipinski definition) is 3. The molecule has 2 N–H and O–H groups in total. The van der Waals surface area contributed by atoms with Crippen LogP contribution in [0.4, 0.5) is 0 Å². The molecule has 0 spiro atoms. The van der Waals surface area contributed by atoms with E-state index in [0.29, 0.717) is 0 Å². The van der Waals surface area contributed by atoms with E-state index in [0.717, 1.165) is 22.9 Å². The molecule has 104 valence electrons. The first-order valence-corrected chi connectivity index (χ1v) is 8.10. The zero-order valence-electron chi connectivity index (χ0n) is 10.3. The smallest absolute Gasteiger partial charge is 0.322 e. The Hall–Kier alpha value is -0.920. The van der Waals surface area contributed by atoms with Crippen molar-refractivity contribution in [3.63, 3.8) is 0 Å². The number of benzene rings is 1. The Balaban J connectivity index is 2.26. The summed E-state index contributed by atoms with van der Waals surface area (Å²) >= 11 is 3.29. The van der Waals surface area contributed by atoms with Gasteiger partial charge in [0, 0.05) is 4.47 Å². The molecule has 1 unspecified atom stereocenters. The Bertz CT molecular complexity index is 610. The molecule has 1 aromatic carbocycles. The monoisotopic (exact) mass is 347 g/mol. The van der Waals surface area contributed by atoms with Crippen LogP contribution in [0.25, 0.3) is 0 Å². The van der Waals surface area contributed by atoms with Crippen LogP contribution in [0, 0.1) is 12.8 Å². The molecule has 0 aromatic heterocycles. The Labute approximate surface area is 120 Å². The molecule has 1 aliphatic rings. The first-order chi connectivity index (χ1) is 8.81. The van der Waals surface area contributed by atoms with E-state index in [1.54, 1.807) is 13.0 Å². The third-order valence-electron chi connectivity index (χ3n) is 3.08. The SMILES string of the molecule is Cc1cc(S(=O)(=O)NC(C(=O)O)C2CC2)ccc1Br. The fraction of sp³-hybridized carbons (Fsp3) is 0.417. The second-order valence-electron chi connectivity index (χ2n) is 4.69. The summed E-state index contributed by atoms with van der Waals surface area (Å²) in [6, 6.07) is 3.56. The Morgan fingerprint density at radius 2 is 2.11 bits per heavy atom. The van der Waals surface area contributed by atoms with Gasteiger partial charge in [-0.25, -0.2) is 8.42 Å². The molecule has 5 nitrogen and oxygen atoms in total. The van der Waals surface area contributed by atoms with Crippen molar-refractivity contribution in [3.05, 3.63) is 28.2 Å². The van der Waals surface area contributed by atoms with Gasteiger partial charge in [0.2, 0.25) is 10.0 Å². The molecule has 2 rings (SSSR count). The van der Waals surface area contributed by atoms with Crippen LogP contribution < -0.4 is 4.72 Å². The van der Waals surface area contributed by atoms with Gasteiger partial charge in [0.15, 0.2) is 0 Å². The van der Waals surface area contributed by atoms with Gasteiger partial charge in [-0.1, -0.05) is 15.9 Å². The molecule has 0 radical (unpaired) electrons. The number of nitrogens with one attached hydrogen (secondary N) is 1. The van der Waals surface area contributed by atoms with Crippen LogP contribution in [0.1, 0.15) is 18.4 Å². The molecule has 1 atom stereocenters. The zero-order valence-corrected chi connectivity index (χ0v) is 12.7. The minimum absolute atomic E-state index is 0.0834. The number of carboxylic acid groups (broad SMARTS) is 1. The number of rotatable bonds is 5. The average Bonchev–Trinajstić information content (AvgIpc) is 3.13. The van der Waals surface area contributed by atoms with E-state index in [2.05, 4.69) is 20.7 Å². The van der Waals surface area contributed by atoms with E-state index in [1.165, 1.54) is 12.1 Å². The van der Waals surface area contributed by atoms with E-state index < -0.39 is 22.0 Å². The lowest BCUT2D eigenvalue weighted by atomic mass is 10.2. The first kappa shape index (κ1) is 14.5. The number of aliphatic carboxylic acids is 1. The molecular weight excluding hydrogens is 334 g/mol. The van der Waals surface area contributed by atoms with Crippen LogP contribution in [-0.4, -0.2) is 25.5 Å². The van der Waals surface area contributed by atoms with E-state index in [-0.39, 0.29) is 10.8 Å². The van der Waals surface area contributed by atoms with Crippen LogP contribution in [0.5, 0.6) is 0 Å². The Morgan fingerprint density at radius 1 is 1.47 bits per heavy atom. The molecule has 1 aromatic rings. The van der Waals surface area contributed by atoms with Gasteiger partial charge < -0.3 is 5.11 Å². The predicted molar refractivity (Wildman–Crippen MR) is 73.3 cm³/mol. The standard InChI is InChI=1S/C12H14BrNO4S/c1-7-6-9(4-5-10(7)13)19(17,18)14-11(12(15)16)8-2-3-8/h4-6,8,11,14H,2-3H2,1H3,(H,15,16). The number of carboxylic acids is 1. The molecule has 0 heterocycles. The largest absolute Gasteiger partial charge is 0.480 e. The molecule has 7 heteroatoms. The predicted octanol–water partition coefficient (Wildman–Crippen LogP) is 1.90. The van der Waals surface area contributed by atoms with Crippen LogP contribution >= 0.6 is 15.9 Å². The molecule has 0 saturated heterocycles. The topological polar surface area (TPSA) is 83.5 Å². The molecule has 1 fully saturated rings. The highest BCUT2D eigenvalue weighted by atomic mass is 79.9. The number of hydrogen-bond donors (Lipinski definition) is 2. The third-order valence-corrected chi connectivity index (χ3v) is 5.41. The molecule has 19 heavy (non-hydrogen) atoms. The number of aryl methyl sites for hydroxylation is 1. The fourth-order valence-electron chi connectivity index (χ4n) is 1.80. The maximum Gasteiger partial charge on any atom is 0.322 e. The van der Waals surface area contributed by atoms with Gasteiger partial charge in [-0.3, -0.25) is 4.79 Å². The van der Waals surface area contributed by atoms with Gasteiger partial charge in [-0.15, -0.1) is 0 Å². The fourth-order valence-corrected chi connectivity index (χ4v) is 3.39. The van der Waals surface area contributed by atoms with Crippen molar-refractivity contribution < 1.29 is 18.3 Å². The molecule has 1 aliphatic carbocycles. The molecule has 0 amide bonds. The van der Waals surface area contributed by atoms with E-state index in [4.69, 9.17) is 5.11 Å². The summed E-state index contributed by atoms with van der Waals surface area (Å²) < 4.78 is 27.4. The van der Waals surface area contributed by atoms with Crippen molar-refractivity contribution in [2.24, 2.45) is 5.92 Å². The lowest BCUT2D eigenvalue weighted by Crippen LogP contribution is -2.42. The van der Waals surface area contributed by atoms with Crippen molar-refractivity contribution >= 4 is 31.9 Å². The van der Waals surface area contributed by atoms with Crippen LogP contribution in [0.2, 0.25) is 0 Å².